The van der Waals surface area contributed by atoms with Gasteiger partial charge < -0.3 is 29.0 Å². The number of carbonyl (C=O) groups is 4. The molecule has 11 nitrogen and oxygen atoms in total. The van der Waals surface area contributed by atoms with E-state index in [1.54, 1.807) is 24.8 Å². The number of hydrogen-bond donors (Lipinski definition) is 1. The Labute approximate surface area is 260 Å². The summed E-state index contributed by atoms with van der Waals surface area (Å²) in [7, 11) is 0. The number of rotatable bonds is 13. The Morgan fingerprint density at radius 3 is 2.25 bits per heavy atom. The van der Waals surface area contributed by atoms with Crippen molar-refractivity contribution in [2.75, 3.05) is 19.8 Å². The minimum absolute atomic E-state index is 0.0144. The molecule has 0 bridgehead atoms. The molecule has 2 aromatic carbocycles. The van der Waals surface area contributed by atoms with Gasteiger partial charge in [-0.15, -0.1) is 0 Å². The maximum atomic E-state index is 13.4. The van der Waals surface area contributed by atoms with E-state index in [0.29, 0.717) is 36.0 Å². The van der Waals surface area contributed by atoms with Crippen LogP contribution in [0.4, 0.5) is 0 Å². The third-order valence-corrected chi connectivity index (χ3v) is 7.42. The number of aromatic nitrogens is 1. The second-order valence-electron chi connectivity index (χ2n) is 10.4. The number of esters is 2. The van der Waals surface area contributed by atoms with Crippen molar-refractivity contribution < 1.29 is 37.9 Å². The van der Waals surface area contributed by atoms with Crippen LogP contribution in [0, 0.1) is 0 Å². The van der Waals surface area contributed by atoms with Crippen molar-refractivity contribution in [1.29, 1.82) is 0 Å². The molecule has 2 amide bonds. The van der Waals surface area contributed by atoms with E-state index in [4.69, 9.17) is 30.3 Å². The first-order valence-corrected chi connectivity index (χ1v) is 14.9. The molecule has 44 heavy (non-hydrogen) atoms. The first-order valence-electron chi connectivity index (χ1n) is 14.5. The molecule has 3 aromatic rings. The van der Waals surface area contributed by atoms with E-state index >= 15 is 0 Å². The molecular weight excluding hydrogens is 590 g/mol. The number of nitrogens with one attached hydrogen (secondary N) is 1. The summed E-state index contributed by atoms with van der Waals surface area (Å²) in [5.41, 5.74) is 0.169. The highest BCUT2D eigenvalue weighted by molar-refractivity contribution is 6.30. The maximum Gasteiger partial charge on any atom is 0.344 e. The third-order valence-electron chi connectivity index (χ3n) is 7.17. The number of carbonyl (C=O) groups excluding carboxylic acids is 4. The van der Waals surface area contributed by atoms with E-state index in [2.05, 4.69) is 10.5 Å². The van der Waals surface area contributed by atoms with Crippen LogP contribution in [-0.2, 0) is 48.1 Å². The SMILES string of the molecule is CCOC(=O)C(Cc1cc(C2CCCN2C(=O)Cc2ccc(OCc3ccc(Cl)cc3)cc2)no1)(NC(C)=O)C(=O)OCC. The number of likely N-dealkylation sites (tertiary alicyclic amines) is 1. The predicted molar refractivity (Wildman–Crippen MR) is 160 cm³/mol. The third kappa shape index (κ3) is 7.96. The van der Waals surface area contributed by atoms with Crippen LogP contribution in [0.5, 0.6) is 5.75 Å². The molecule has 234 valence electrons. The monoisotopic (exact) mass is 625 g/mol. The van der Waals surface area contributed by atoms with Gasteiger partial charge in [-0.05, 0) is 62.1 Å². The zero-order valence-electron chi connectivity index (χ0n) is 25.0. The summed E-state index contributed by atoms with van der Waals surface area (Å²) in [6, 6.07) is 16.1. The first-order chi connectivity index (χ1) is 21.1. The van der Waals surface area contributed by atoms with Gasteiger partial charge in [0, 0.05) is 24.6 Å². The van der Waals surface area contributed by atoms with Gasteiger partial charge in [0.25, 0.3) is 0 Å². The standard InChI is InChI=1S/C32H36ClN3O8/c1-4-41-30(39)32(34-21(3)37,31(40)42-5-2)19-26-18-27(35-44-26)28-7-6-16-36(28)29(38)17-22-10-14-25(15-11-22)43-20-23-8-12-24(33)13-9-23/h8-15,18,28H,4-7,16-17,19-20H2,1-3H3,(H,34,37). The first kappa shape index (κ1) is 32.5. The highest BCUT2D eigenvalue weighted by Crippen LogP contribution is 2.33. The molecule has 0 radical (unpaired) electrons. The van der Waals surface area contributed by atoms with Gasteiger partial charge >= 0.3 is 11.9 Å². The average Bonchev–Trinajstić information content (AvgIpc) is 3.67. The van der Waals surface area contributed by atoms with Gasteiger partial charge in [0.15, 0.2) is 0 Å². The van der Waals surface area contributed by atoms with Gasteiger partial charge in [-0.1, -0.05) is 41.0 Å². The zero-order chi connectivity index (χ0) is 31.7. The molecular formula is C32H36ClN3O8. The zero-order valence-corrected chi connectivity index (χ0v) is 25.7. The lowest BCUT2D eigenvalue weighted by Crippen LogP contribution is -2.62. The number of amides is 2. The van der Waals surface area contributed by atoms with Crippen LogP contribution in [0.15, 0.2) is 59.1 Å². The molecule has 12 heteroatoms. The fraction of sp³-hybridized carbons (Fsp3) is 0.406. The predicted octanol–water partition coefficient (Wildman–Crippen LogP) is 4.36. The topological polar surface area (TPSA) is 137 Å². The minimum atomic E-state index is -2.15. The van der Waals surface area contributed by atoms with Crippen LogP contribution in [0.25, 0.3) is 0 Å². The van der Waals surface area contributed by atoms with Crippen molar-refractivity contribution in [3.8, 4) is 5.75 Å². The van der Waals surface area contributed by atoms with E-state index in [-0.39, 0.29) is 43.8 Å². The van der Waals surface area contributed by atoms with Crippen LogP contribution in [-0.4, -0.2) is 59.1 Å². The summed E-state index contributed by atoms with van der Waals surface area (Å²) in [6.07, 6.45) is 1.26. The Hall–Kier alpha value is -4.38. The number of halogens is 1. The van der Waals surface area contributed by atoms with Crippen LogP contribution in [0.2, 0.25) is 5.02 Å². The Kier molecular flexibility index (Phi) is 11.0. The quantitative estimate of drug-likeness (QED) is 0.217. The van der Waals surface area contributed by atoms with Crippen molar-refractivity contribution in [3.63, 3.8) is 0 Å². The largest absolute Gasteiger partial charge is 0.489 e. The molecule has 0 spiro atoms. The molecule has 1 aromatic heterocycles. The lowest BCUT2D eigenvalue weighted by atomic mass is 9.93. The molecule has 4 rings (SSSR count). The fourth-order valence-corrected chi connectivity index (χ4v) is 5.24. The van der Waals surface area contributed by atoms with Gasteiger partial charge in [0.1, 0.15) is 23.8 Å². The second-order valence-corrected chi connectivity index (χ2v) is 10.8. The molecule has 1 saturated heterocycles. The van der Waals surface area contributed by atoms with E-state index < -0.39 is 23.4 Å². The smallest absolute Gasteiger partial charge is 0.344 e. The summed E-state index contributed by atoms with van der Waals surface area (Å²) in [5, 5.41) is 7.24. The van der Waals surface area contributed by atoms with Gasteiger partial charge in [-0.25, -0.2) is 9.59 Å². The normalized spacial score (nSPS) is 14.6. The summed E-state index contributed by atoms with van der Waals surface area (Å²) in [5.74, 6) is -1.79. The lowest BCUT2D eigenvalue weighted by molar-refractivity contribution is -0.168. The fourth-order valence-electron chi connectivity index (χ4n) is 5.11. The molecule has 0 aliphatic carbocycles. The Balaban J connectivity index is 1.43. The summed E-state index contributed by atoms with van der Waals surface area (Å²) < 4.78 is 21.6. The van der Waals surface area contributed by atoms with Crippen molar-refractivity contribution in [2.24, 2.45) is 0 Å². The second kappa shape index (κ2) is 14.9. The van der Waals surface area contributed by atoms with Crippen molar-refractivity contribution in [2.45, 2.75) is 64.6 Å². The summed E-state index contributed by atoms with van der Waals surface area (Å²) in [6.45, 7) is 5.28. The minimum Gasteiger partial charge on any atom is -0.489 e. The number of ether oxygens (including phenoxy) is 3. The van der Waals surface area contributed by atoms with Crippen LogP contribution in [0.1, 0.15) is 62.2 Å². The van der Waals surface area contributed by atoms with Gasteiger partial charge in [-0.2, -0.15) is 0 Å². The molecule has 0 saturated carbocycles. The van der Waals surface area contributed by atoms with E-state index in [0.717, 1.165) is 17.5 Å². The Morgan fingerprint density at radius 2 is 1.64 bits per heavy atom. The maximum absolute atomic E-state index is 13.4. The van der Waals surface area contributed by atoms with Crippen LogP contribution in [0.3, 0.4) is 0 Å². The summed E-state index contributed by atoms with van der Waals surface area (Å²) in [4.78, 5) is 53.1. The van der Waals surface area contributed by atoms with Crippen molar-refractivity contribution in [1.82, 2.24) is 15.4 Å². The lowest BCUT2D eigenvalue weighted by Gasteiger charge is -2.28. The van der Waals surface area contributed by atoms with E-state index in [1.165, 1.54) is 6.92 Å². The molecule has 1 aliphatic rings. The number of benzene rings is 2. The van der Waals surface area contributed by atoms with E-state index in [1.807, 2.05) is 48.5 Å². The van der Waals surface area contributed by atoms with Crippen LogP contribution < -0.4 is 10.1 Å². The Morgan fingerprint density at radius 1 is 1.00 bits per heavy atom. The number of hydrogen-bond acceptors (Lipinski definition) is 9. The molecule has 1 fully saturated rings. The highest BCUT2D eigenvalue weighted by atomic mass is 35.5. The summed E-state index contributed by atoms with van der Waals surface area (Å²) >= 11 is 5.93. The van der Waals surface area contributed by atoms with Crippen LogP contribution >= 0.6 is 11.6 Å². The number of nitrogens with zero attached hydrogens (tertiary/aromatic N) is 2. The molecule has 1 aliphatic heterocycles. The van der Waals surface area contributed by atoms with Crippen molar-refractivity contribution in [3.05, 3.63) is 82.2 Å². The average molecular weight is 626 g/mol. The van der Waals surface area contributed by atoms with Crippen molar-refractivity contribution >= 4 is 35.4 Å². The molecule has 1 atom stereocenters. The Bertz CT molecular complexity index is 1440. The molecule has 1 N–H and O–H groups in total. The molecule has 2 heterocycles. The van der Waals surface area contributed by atoms with Gasteiger partial charge in [-0.3, -0.25) is 9.59 Å². The van der Waals surface area contributed by atoms with Gasteiger partial charge in [0.05, 0.1) is 32.1 Å². The highest BCUT2D eigenvalue weighted by Gasteiger charge is 2.51. The molecule has 1 unspecified atom stereocenters. The van der Waals surface area contributed by atoms with Gasteiger partial charge in [0.2, 0.25) is 17.4 Å². The van der Waals surface area contributed by atoms with E-state index in [9.17, 15) is 19.2 Å².